The van der Waals surface area contributed by atoms with Gasteiger partial charge in [0.1, 0.15) is 0 Å². The lowest BCUT2D eigenvalue weighted by Crippen LogP contribution is -2.23. The van der Waals surface area contributed by atoms with Gasteiger partial charge in [-0.25, -0.2) is 4.79 Å². The highest BCUT2D eigenvalue weighted by Crippen LogP contribution is 2.12. The number of imidazole rings is 1. The predicted molar refractivity (Wildman–Crippen MR) is 63.5 cm³/mol. The largest absolute Gasteiger partial charge is 0.393 e. The zero-order valence-electron chi connectivity index (χ0n) is 9.55. The highest BCUT2D eigenvalue weighted by molar-refractivity contribution is 5.75. The topological polar surface area (TPSA) is 47.2 Å². The summed E-state index contributed by atoms with van der Waals surface area (Å²) in [5.74, 6) is 0. The van der Waals surface area contributed by atoms with Crippen LogP contribution in [0.5, 0.6) is 0 Å². The van der Waals surface area contributed by atoms with Crippen molar-refractivity contribution in [2.75, 3.05) is 0 Å². The van der Waals surface area contributed by atoms with Crippen molar-refractivity contribution >= 4 is 11.0 Å². The standard InChI is InChI=1S/C12H16N2O2/c1-9(15)7-8-14-11-6-4-3-5-10(11)13(2)12(14)16/h3-6,9,15H,7-8H2,1-2H3. The first kappa shape index (κ1) is 11.0. The quantitative estimate of drug-likeness (QED) is 0.842. The van der Waals surface area contributed by atoms with Gasteiger partial charge in [-0.2, -0.15) is 0 Å². The van der Waals surface area contributed by atoms with E-state index in [-0.39, 0.29) is 11.8 Å². The summed E-state index contributed by atoms with van der Waals surface area (Å²) in [5.41, 5.74) is 1.83. The molecule has 16 heavy (non-hydrogen) atoms. The van der Waals surface area contributed by atoms with Crippen LogP contribution >= 0.6 is 0 Å². The summed E-state index contributed by atoms with van der Waals surface area (Å²) in [6.45, 7) is 2.29. The maximum absolute atomic E-state index is 11.9. The third-order valence-corrected chi connectivity index (χ3v) is 2.82. The monoisotopic (exact) mass is 220 g/mol. The molecule has 0 saturated heterocycles. The van der Waals surface area contributed by atoms with E-state index in [0.717, 1.165) is 11.0 Å². The van der Waals surface area contributed by atoms with E-state index in [2.05, 4.69) is 0 Å². The Morgan fingerprint density at radius 1 is 1.31 bits per heavy atom. The van der Waals surface area contributed by atoms with Gasteiger partial charge in [-0.15, -0.1) is 0 Å². The number of nitrogens with zero attached hydrogens (tertiary/aromatic N) is 2. The van der Waals surface area contributed by atoms with Crippen LogP contribution in [0, 0.1) is 0 Å². The molecule has 2 aromatic rings. The van der Waals surface area contributed by atoms with Gasteiger partial charge < -0.3 is 5.11 Å². The molecule has 0 aliphatic rings. The molecule has 1 atom stereocenters. The third kappa shape index (κ3) is 1.76. The molecule has 0 spiro atoms. The molecule has 0 radical (unpaired) electrons. The number of aliphatic hydroxyl groups excluding tert-OH is 1. The van der Waals surface area contributed by atoms with Gasteiger partial charge in [0.15, 0.2) is 0 Å². The number of fused-ring (bicyclic) bond motifs is 1. The molecule has 1 heterocycles. The molecule has 1 aromatic carbocycles. The fourth-order valence-corrected chi connectivity index (χ4v) is 1.90. The SMILES string of the molecule is CC(O)CCn1c(=O)n(C)c2ccccc21. The Kier molecular flexibility index (Phi) is 2.83. The Hall–Kier alpha value is -1.55. The van der Waals surface area contributed by atoms with Crippen molar-refractivity contribution in [1.82, 2.24) is 9.13 Å². The summed E-state index contributed by atoms with van der Waals surface area (Å²) >= 11 is 0. The second-order valence-corrected chi connectivity index (χ2v) is 4.12. The number of aliphatic hydroxyl groups is 1. The first-order chi connectivity index (χ1) is 7.61. The number of aromatic nitrogens is 2. The molecule has 0 amide bonds. The van der Waals surface area contributed by atoms with Crippen molar-refractivity contribution in [2.45, 2.75) is 26.0 Å². The van der Waals surface area contributed by atoms with Crippen LogP contribution in [0.25, 0.3) is 11.0 Å². The number of rotatable bonds is 3. The van der Waals surface area contributed by atoms with E-state index in [1.165, 1.54) is 0 Å². The smallest absolute Gasteiger partial charge is 0.328 e. The number of para-hydroxylation sites is 2. The summed E-state index contributed by atoms with van der Waals surface area (Å²) in [5, 5.41) is 9.26. The minimum absolute atomic E-state index is 0.0261. The Morgan fingerprint density at radius 2 is 1.94 bits per heavy atom. The Balaban J connectivity index is 2.51. The second kappa shape index (κ2) is 4.14. The third-order valence-electron chi connectivity index (χ3n) is 2.82. The van der Waals surface area contributed by atoms with Gasteiger partial charge in [0.2, 0.25) is 0 Å². The molecule has 0 fully saturated rings. The lowest BCUT2D eigenvalue weighted by Gasteiger charge is -2.05. The zero-order valence-corrected chi connectivity index (χ0v) is 9.55. The molecule has 2 rings (SSSR count). The first-order valence-corrected chi connectivity index (χ1v) is 5.43. The van der Waals surface area contributed by atoms with Crippen LogP contribution in [-0.2, 0) is 13.6 Å². The fourth-order valence-electron chi connectivity index (χ4n) is 1.90. The lowest BCUT2D eigenvalue weighted by atomic mass is 10.2. The van der Waals surface area contributed by atoms with E-state index < -0.39 is 0 Å². The molecule has 1 N–H and O–H groups in total. The first-order valence-electron chi connectivity index (χ1n) is 5.43. The summed E-state index contributed by atoms with van der Waals surface area (Å²) in [6.07, 6.45) is 0.208. The molecule has 0 aliphatic carbocycles. The minimum Gasteiger partial charge on any atom is -0.393 e. The normalized spacial score (nSPS) is 13.2. The predicted octanol–water partition coefficient (Wildman–Crippen LogP) is 1.11. The van der Waals surface area contributed by atoms with Crippen LogP contribution in [0.4, 0.5) is 0 Å². The Morgan fingerprint density at radius 3 is 2.56 bits per heavy atom. The molecule has 4 heteroatoms. The van der Waals surface area contributed by atoms with Crippen LogP contribution in [0.15, 0.2) is 29.1 Å². The Labute approximate surface area is 93.7 Å². The minimum atomic E-state index is -0.383. The molecule has 0 aliphatic heterocycles. The van der Waals surface area contributed by atoms with Crippen molar-refractivity contribution in [3.63, 3.8) is 0 Å². The highest BCUT2D eigenvalue weighted by Gasteiger charge is 2.09. The maximum atomic E-state index is 11.9. The van der Waals surface area contributed by atoms with Gasteiger partial charge in [-0.1, -0.05) is 12.1 Å². The molecule has 1 aromatic heterocycles. The van der Waals surface area contributed by atoms with Gasteiger partial charge in [0, 0.05) is 13.6 Å². The van der Waals surface area contributed by atoms with Gasteiger partial charge >= 0.3 is 5.69 Å². The maximum Gasteiger partial charge on any atom is 0.328 e. The van der Waals surface area contributed by atoms with Crippen LogP contribution in [0.2, 0.25) is 0 Å². The molecule has 86 valence electrons. The fraction of sp³-hybridized carbons (Fsp3) is 0.417. The zero-order chi connectivity index (χ0) is 11.7. The summed E-state index contributed by atoms with van der Waals surface area (Å²) < 4.78 is 3.35. The van der Waals surface area contributed by atoms with Crippen molar-refractivity contribution in [3.05, 3.63) is 34.7 Å². The van der Waals surface area contributed by atoms with Gasteiger partial charge in [0.25, 0.3) is 0 Å². The van der Waals surface area contributed by atoms with E-state index >= 15 is 0 Å². The van der Waals surface area contributed by atoms with E-state index in [0.29, 0.717) is 13.0 Å². The molecule has 4 nitrogen and oxygen atoms in total. The number of hydrogen-bond acceptors (Lipinski definition) is 2. The molecule has 0 saturated carbocycles. The van der Waals surface area contributed by atoms with Crippen LogP contribution in [-0.4, -0.2) is 20.3 Å². The average molecular weight is 220 g/mol. The number of aryl methyl sites for hydroxylation is 2. The number of hydrogen-bond donors (Lipinski definition) is 1. The van der Waals surface area contributed by atoms with Gasteiger partial charge in [0.05, 0.1) is 17.1 Å². The second-order valence-electron chi connectivity index (χ2n) is 4.12. The summed E-state index contributed by atoms with van der Waals surface area (Å²) in [7, 11) is 1.77. The highest BCUT2D eigenvalue weighted by atomic mass is 16.3. The van der Waals surface area contributed by atoms with E-state index in [1.807, 2.05) is 24.3 Å². The molecule has 0 bridgehead atoms. The van der Waals surface area contributed by atoms with Gasteiger partial charge in [-0.05, 0) is 25.5 Å². The van der Waals surface area contributed by atoms with Crippen LogP contribution < -0.4 is 5.69 Å². The molecular weight excluding hydrogens is 204 g/mol. The van der Waals surface area contributed by atoms with Crippen molar-refractivity contribution in [2.24, 2.45) is 7.05 Å². The summed E-state index contributed by atoms with van der Waals surface area (Å²) in [4.78, 5) is 11.9. The van der Waals surface area contributed by atoms with Crippen molar-refractivity contribution < 1.29 is 5.11 Å². The van der Waals surface area contributed by atoms with Crippen LogP contribution in [0.3, 0.4) is 0 Å². The van der Waals surface area contributed by atoms with E-state index in [1.54, 1.807) is 23.1 Å². The van der Waals surface area contributed by atoms with E-state index in [9.17, 15) is 9.90 Å². The van der Waals surface area contributed by atoms with Gasteiger partial charge in [-0.3, -0.25) is 9.13 Å². The summed E-state index contributed by atoms with van der Waals surface area (Å²) in [6, 6.07) is 7.69. The van der Waals surface area contributed by atoms with E-state index in [4.69, 9.17) is 0 Å². The average Bonchev–Trinajstić information content (AvgIpc) is 2.50. The lowest BCUT2D eigenvalue weighted by molar-refractivity contribution is 0.178. The number of benzene rings is 1. The molecule has 1 unspecified atom stereocenters. The van der Waals surface area contributed by atoms with Crippen molar-refractivity contribution in [1.29, 1.82) is 0 Å². The van der Waals surface area contributed by atoms with Crippen molar-refractivity contribution in [3.8, 4) is 0 Å². The molecular formula is C12H16N2O2. The van der Waals surface area contributed by atoms with Crippen LogP contribution in [0.1, 0.15) is 13.3 Å². The Bertz CT molecular complexity index is 552.